The van der Waals surface area contributed by atoms with Crippen molar-refractivity contribution in [2.75, 3.05) is 19.6 Å². The van der Waals surface area contributed by atoms with Gasteiger partial charge in [0, 0.05) is 18.6 Å². The molecule has 1 aliphatic carbocycles. The fraction of sp³-hybridized carbons (Fsp3) is 1.00. The summed E-state index contributed by atoms with van der Waals surface area (Å²) < 4.78 is 0. The highest BCUT2D eigenvalue weighted by Gasteiger charge is 2.37. The third-order valence-corrected chi connectivity index (χ3v) is 5.63. The van der Waals surface area contributed by atoms with Crippen molar-refractivity contribution in [1.82, 2.24) is 10.2 Å². The molecule has 2 atom stereocenters. The minimum atomic E-state index is 0.679. The van der Waals surface area contributed by atoms with Crippen LogP contribution in [0.4, 0.5) is 0 Å². The SMILES string of the molecule is CCCC(C)NCC(C)N1CCC2(CCCC2)CC1. The molecule has 2 nitrogen and oxygen atoms in total. The Kier molecular flexibility index (Phi) is 5.70. The maximum atomic E-state index is 3.70. The number of likely N-dealkylation sites (tertiary alicyclic amines) is 1. The molecule has 1 heterocycles. The number of nitrogens with one attached hydrogen (secondary N) is 1. The van der Waals surface area contributed by atoms with Gasteiger partial charge in [0.05, 0.1) is 0 Å². The average Bonchev–Trinajstić information content (AvgIpc) is 2.86. The van der Waals surface area contributed by atoms with Gasteiger partial charge in [0.2, 0.25) is 0 Å². The van der Waals surface area contributed by atoms with Crippen LogP contribution in [-0.4, -0.2) is 36.6 Å². The van der Waals surface area contributed by atoms with Crippen LogP contribution in [0.2, 0.25) is 0 Å². The highest BCUT2D eigenvalue weighted by Crippen LogP contribution is 2.46. The smallest absolute Gasteiger partial charge is 0.0192 e. The number of hydrogen-bond acceptors (Lipinski definition) is 2. The Morgan fingerprint density at radius 2 is 1.68 bits per heavy atom. The lowest BCUT2D eigenvalue weighted by molar-refractivity contribution is 0.0802. The Labute approximate surface area is 120 Å². The maximum Gasteiger partial charge on any atom is 0.0192 e. The van der Waals surface area contributed by atoms with E-state index >= 15 is 0 Å². The molecule has 1 aliphatic heterocycles. The maximum absolute atomic E-state index is 3.70. The molecule has 0 aromatic heterocycles. The summed E-state index contributed by atoms with van der Waals surface area (Å²) in [6.45, 7) is 10.8. The summed E-state index contributed by atoms with van der Waals surface area (Å²) in [6, 6.07) is 1.39. The fourth-order valence-electron chi connectivity index (χ4n) is 4.10. The Morgan fingerprint density at radius 3 is 2.26 bits per heavy atom. The number of hydrogen-bond donors (Lipinski definition) is 1. The van der Waals surface area contributed by atoms with Crippen LogP contribution in [0, 0.1) is 5.41 Å². The van der Waals surface area contributed by atoms with Gasteiger partial charge in [-0.1, -0.05) is 26.2 Å². The van der Waals surface area contributed by atoms with Crippen LogP contribution in [0.5, 0.6) is 0 Å². The standard InChI is InChI=1S/C17H34N2/c1-4-7-15(2)18-14-16(3)19-12-10-17(11-13-19)8-5-6-9-17/h15-16,18H,4-14H2,1-3H3. The Balaban J connectivity index is 1.68. The molecule has 0 aromatic carbocycles. The molecular formula is C17H34N2. The highest BCUT2D eigenvalue weighted by molar-refractivity contribution is 4.91. The monoisotopic (exact) mass is 266 g/mol. The lowest BCUT2D eigenvalue weighted by Crippen LogP contribution is -2.48. The predicted molar refractivity (Wildman–Crippen MR) is 83.5 cm³/mol. The van der Waals surface area contributed by atoms with Gasteiger partial charge in [-0.05, 0) is 64.5 Å². The molecule has 112 valence electrons. The summed E-state index contributed by atoms with van der Waals surface area (Å²) in [7, 11) is 0. The molecule has 1 N–H and O–H groups in total. The van der Waals surface area contributed by atoms with E-state index in [9.17, 15) is 0 Å². The Hall–Kier alpha value is -0.0800. The topological polar surface area (TPSA) is 15.3 Å². The first-order chi connectivity index (χ1) is 9.15. The van der Waals surface area contributed by atoms with E-state index in [4.69, 9.17) is 0 Å². The molecule has 0 amide bonds. The molecule has 2 heteroatoms. The first-order valence-electron chi connectivity index (χ1n) is 8.63. The molecule has 2 rings (SSSR count). The zero-order valence-corrected chi connectivity index (χ0v) is 13.4. The second-order valence-electron chi connectivity index (χ2n) is 7.19. The quantitative estimate of drug-likeness (QED) is 0.786. The van der Waals surface area contributed by atoms with Crippen LogP contribution in [0.3, 0.4) is 0 Å². The summed E-state index contributed by atoms with van der Waals surface area (Å²) in [5.41, 5.74) is 0.763. The summed E-state index contributed by atoms with van der Waals surface area (Å²) in [5, 5.41) is 3.70. The summed E-state index contributed by atoms with van der Waals surface area (Å²) in [5.74, 6) is 0. The minimum absolute atomic E-state index is 0.679. The van der Waals surface area contributed by atoms with Gasteiger partial charge in [-0.2, -0.15) is 0 Å². The molecule has 2 unspecified atom stereocenters. The van der Waals surface area contributed by atoms with Crippen LogP contribution < -0.4 is 5.32 Å². The van der Waals surface area contributed by atoms with E-state index in [0.29, 0.717) is 12.1 Å². The van der Waals surface area contributed by atoms with Gasteiger partial charge in [-0.25, -0.2) is 0 Å². The molecule has 19 heavy (non-hydrogen) atoms. The fourth-order valence-corrected chi connectivity index (χ4v) is 4.10. The molecule has 0 radical (unpaired) electrons. The molecule has 2 aliphatic rings. The minimum Gasteiger partial charge on any atom is -0.313 e. The van der Waals surface area contributed by atoms with Crippen LogP contribution in [0.15, 0.2) is 0 Å². The predicted octanol–water partition coefficient (Wildman–Crippen LogP) is 3.81. The van der Waals surface area contributed by atoms with E-state index in [-0.39, 0.29) is 0 Å². The van der Waals surface area contributed by atoms with Gasteiger partial charge in [-0.3, -0.25) is 4.90 Å². The first-order valence-corrected chi connectivity index (χ1v) is 8.63. The van der Waals surface area contributed by atoms with Crippen LogP contribution in [0.25, 0.3) is 0 Å². The van der Waals surface area contributed by atoms with Crippen molar-refractivity contribution < 1.29 is 0 Å². The van der Waals surface area contributed by atoms with Gasteiger partial charge in [-0.15, -0.1) is 0 Å². The van der Waals surface area contributed by atoms with Crippen LogP contribution in [0.1, 0.15) is 72.1 Å². The number of nitrogens with zero attached hydrogens (tertiary/aromatic N) is 1. The van der Waals surface area contributed by atoms with Crippen molar-refractivity contribution in [2.45, 2.75) is 84.2 Å². The van der Waals surface area contributed by atoms with E-state index in [1.54, 1.807) is 0 Å². The van der Waals surface area contributed by atoms with Crippen molar-refractivity contribution in [3.8, 4) is 0 Å². The van der Waals surface area contributed by atoms with E-state index in [0.717, 1.165) is 12.0 Å². The van der Waals surface area contributed by atoms with Crippen molar-refractivity contribution >= 4 is 0 Å². The average molecular weight is 266 g/mol. The molecular weight excluding hydrogens is 232 g/mol. The van der Waals surface area contributed by atoms with Crippen molar-refractivity contribution in [3.05, 3.63) is 0 Å². The summed E-state index contributed by atoms with van der Waals surface area (Å²) >= 11 is 0. The largest absolute Gasteiger partial charge is 0.313 e. The molecule has 1 saturated carbocycles. The third-order valence-electron chi connectivity index (χ3n) is 5.63. The lowest BCUT2D eigenvalue weighted by Gasteiger charge is -2.42. The van der Waals surface area contributed by atoms with Gasteiger partial charge in [0.25, 0.3) is 0 Å². The van der Waals surface area contributed by atoms with E-state index in [2.05, 4.69) is 31.0 Å². The third kappa shape index (κ3) is 4.19. The van der Waals surface area contributed by atoms with Gasteiger partial charge in [0.15, 0.2) is 0 Å². The molecule has 1 spiro atoms. The molecule has 1 saturated heterocycles. The van der Waals surface area contributed by atoms with Crippen LogP contribution in [-0.2, 0) is 0 Å². The van der Waals surface area contributed by atoms with E-state index in [1.807, 2.05) is 0 Å². The molecule has 2 fully saturated rings. The normalized spacial score (nSPS) is 26.7. The van der Waals surface area contributed by atoms with Crippen LogP contribution >= 0.6 is 0 Å². The molecule has 0 aromatic rings. The number of rotatable bonds is 6. The highest BCUT2D eigenvalue weighted by atomic mass is 15.2. The van der Waals surface area contributed by atoms with Crippen molar-refractivity contribution in [2.24, 2.45) is 5.41 Å². The van der Waals surface area contributed by atoms with Gasteiger partial charge in [0.1, 0.15) is 0 Å². The second kappa shape index (κ2) is 7.08. The zero-order valence-electron chi connectivity index (χ0n) is 13.4. The zero-order chi connectivity index (χ0) is 13.7. The lowest BCUT2D eigenvalue weighted by atomic mass is 9.77. The summed E-state index contributed by atoms with van der Waals surface area (Å²) in [6.07, 6.45) is 11.5. The van der Waals surface area contributed by atoms with E-state index in [1.165, 1.54) is 64.5 Å². The van der Waals surface area contributed by atoms with Crippen molar-refractivity contribution in [3.63, 3.8) is 0 Å². The van der Waals surface area contributed by atoms with Crippen molar-refractivity contribution in [1.29, 1.82) is 0 Å². The van der Waals surface area contributed by atoms with E-state index < -0.39 is 0 Å². The Morgan fingerprint density at radius 1 is 1.05 bits per heavy atom. The first kappa shape index (κ1) is 15.3. The van der Waals surface area contributed by atoms with Gasteiger partial charge >= 0.3 is 0 Å². The number of piperidine rings is 1. The second-order valence-corrected chi connectivity index (χ2v) is 7.19. The Bertz CT molecular complexity index is 248. The molecule has 0 bridgehead atoms. The van der Waals surface area contributed by atoms with Gasteiger partial charge < -0.3 is 5.32 Å². The summed E-state index contributed by atoms with van der Waals surface area (Å²) in [4.78, 5) is 2.72.